The van der Waals surface area contributed by atoms with E-state index in [4.69, 9.17) is 16.9 Å². The van der Waals surface area contributed by atoms with Gasteiger partial charge in [-0.05, 0) is 30.3 Å². The van der Waals surface area contributed by atoms with E-state index in [9.17, 15) is 10.1 Å². The maximum Gasteiger partial charge on any atom is 0.289 e. The molecule has 0 saturated carbocycles. The summed E-state index contributed by atoms with van der Waals surface area (Å²) in [5, 5.41) is 23.2. The molecule has 0 aliphatic carbocycles. The lowest BCUT2D eigenvalue weighted by Crippen LogP contribution is -1.96. The van der Waals surface area contributed by atoms with Gasteiger partial charge in [0.1, 0.15) is 11.6 Å². The molecule has 2 aromatic carbocycles. The summed E-state index contributed by atoms with van der Waals surface area (Å²) < 4.78 is 0.832. The highest BCUT2D eigenvalue weighted by atomic mass is 79.9. The number of halogens is 2. The normalized spacial score (nSPS) is 9.85. The molecule has 0 radical (unpaired) electrons. The monoisotopic (exact) mass is 351 g/mol. The second kappa shape index (κ2) is 5.90. The number of hydrogen-bond donors (Lipinski definition) is 1. The van der Waals surface area contributed by atoms with Crippen LogP contribution in [0.1, 0.15) is 5.56 Å². The van der Waals surface area contributed by atoms with Crippen LogP contribution in [0.3, 0.4) is 0 Å². The fourth-order valence-corrected chi connectivity index (χ4v) is 2.32. The van der Waals surface area contributed by atoms with Crippen LogP contribution < -0.4 is 5.32 Å². The predicted molar refractivity (Wildman–Crippen MR) is 80.2 cm³/mol. The molecule has 100 valence electrons. The summed E-state index contributed by atoms with van der Waals surface area (Å²) in [5.74, 6) is 0. The number of benzene rings is 2. The van der Waals surface area contributed by atoms with Gasteiger partial charge in [-0.2, -0.15) is 5.26 Å². The Hall–Kier alpha value is -2.10. The van der Waals surface area contributed by atoms with Crippen LogP contribution in [0, 0.1) is 21.4 Å². The van der Waals surface area contributed by atoms with Gasteiger partial charge >= 0.3 is 0 Å². The first-order valence-electron chi connectivity index (χ1n) is 5.42. The Bertz CT molecular complexity index is 728. The number of rotatable bonds is 3. The second-order valence-electron chi connectivity index (χ2n) is 3.85. The molecule has 0 aromatic heterocycles. The molecule has 0 atom stereocenters. The van der Waals surface area contributed by atoms with Crippen molar-refractivity contribution in [2.24, 2.45) is 0 Å². The zero-order valence-electron chi connectivity index (χ0n) is 9.93. The number of nitrogens with one attached hydrogen (secondary N) is 1. The van der Waals surface area contributed by atoms with Gasteiger partial charge in [-0.1, -0.05) is 27.5 Å². The van der Waals surface area contributed by atoms with E-state index in [1.165, 1.54) is 12.1 Å². The van der Waals surface area contributed by atoms with Crippen molar-refractivity contribution >= 4 is 44.6 Å². The molecule has 1 N–H and O–H groups in total. The molecule has 7 heteroatoms. The second-order valence-corrected chi connectivity index (χ2v) is 5.17. The van der Waals surface area contributed by atoms with Gasteiger partial charge in [0, 0.05) is 16.2 Å². The van der Waals surface area contributed by atoms with Gasteiger partial charge in [0.2, 0.25) is 0 Å². The molecule has 0 saturated heterocycles. The van der Waals surface area contributed by atoms with E-state index in [0.717, 1.165) is 4.47 Å². The summed E-state index contributed by atoms with van der Waals surface area (Å²) in [5.41, 5.74) is 0.877. The van der Waals surface area contributed by atoms with Crippen molar-refractivity contribution in [3.8, 4) is 6.07 Å². The van der Waals surface area contributed by atoms with Crippen LogP contribution in [0.5, 0.6) is 0 Å². The lowest BCUT2D eigenvalue weighted by molar-refractivity contribution is -0.385. The van der Waals surface area contributed by atoms with Crippen molar-refractivity contribution in [2.45, 2.75) is 0 Å². The van der Waals surface area contributed by atoms with Gasteiger partial charge < -0.3 is 5.32 Å². The van der Waals surface area contributed by atoms with Crippen LogP contribution in [-0.4, -0.2) is 4.92 Å². The Labute approximate surface area is 128 Å². The molecule has 0 spiro atoms. The molecule has 0 amide bonds. The van der Waals surface area contributed by atoms with Crippen LogP contribution in [0.15, 0.2) is 40.9 Å². The molecule has 0 aliphatic heterocycles. The first-order valence-corrected chi connectivity index (χ1v) is 6.59. The van der Waals surface area contributed by atoms with Crippen LogP contribution in [0.4, 0.5) is 17.1 Å². The summed E-state index contributed by atoms with van der Waals surface area (Å²) in [7, 11) is 0. The third-order valence-corrected chi connectivity index (χ3v) is 3.33. The minimum absolute atomic E-state index is 0.0162. The predicted octanol–water partition coefficient (Wildman–Crippen LogP) is 4.63. The minimum atomic E-state index is -0.590. The number of nitro groups is 1. The quantitative estimate of drug-likeness (QED) is 0.645. The largest absolute Gasteiger partial charge is 0.354 e. The number of nitriles is 1. The summed E-state index contributed by atoms with van der Waals surface area (Å²) in [4.78, 5) is 10.3. The van der Waals surface area contributed by atoms with E-state index in [0.29, 0.717) is 16.4 Å². The molecule has 20 heavy (non-hydrogen) atoms. The van der Waals surface area contributed by atoms with Crippen molar-refractivity contribution in [3.63, 3.8) is 0 Å². The van der Waals surface area contributed by atoms with E-state index in [1.54, 1.807) is 30.3 Å². The summed E-state index contributed by atoms with van der Waals surface area (Å²) >= 11 is 9.36. The van der Waals surface area contributed by atoms with Gasteiger partial charge in [0.05, 0.1) is 15.6 Å². The van der Waals surface area contributed by atoms with Crippen LogP contribution >= 0.6 is 27.5 Å². The zero-order chi connectivity index (χ0) is 14.7. The fraction of sp³-hybridized carbons (Fsp3) is 0. The van der Waals surface area contributed by atoms with Crippen molar-refractivity contribution < 1.29 is 4.92 Å². The third-order valence-electron chi connectivity index (χ3n) is 2.53. The first kappa shape index (κ1) is 14.3. The van der Waals surface area contributed by atoms with Crippen molar-refractivity contribution in [1.29, 1.82) is 5.26 Å². The highest BCUT2D eigenvalue weighted by molar-refractivity contribution is 9.10. The molecule has 0 bridgehead atoms. The van der Waals surface area contributed by atoms with Crippen LogP contribution in [-0.2, 0) is 0 Å². The Kier molecular flexibility index (Phi) is 4.23. The minimum Gasteiger partial charge on any atom is -0.354 e. The molecular weight excluding hydrogens is 346 g/mol. The lowest BCUT2D eigenvalue weighted by Gasteiger charge is -2.09. The molecule has 0 heterocycles. The maximum absolute atomic E-state index is 10.9. The third kappa shape index (κ3) is 3.07. The molecule has 5 nitrogen and oxygen atoms in total. The van der Waals surface area contributed by atoms with E-state index in [1.807, 2.05) is 0 Å². The maximum atomic E-state index is 10.9. The topological polar surface area (TPSA) is 79.0 Å². The van der Waals surface area contributed by atoms with E-state index in [-0.39, 0.29) is 11.3 Å². The van der Waals surface area contributed by atoms with Gasteiger partial charge in [-0.25, -0.2) is 0 Å². The lowest BCUT2D eigenvalue weighted by atomic mass is 10.1. The van der Waals surface area contributed by atoms with Gasteiger partial charge in [-0.15, -0.1) is 0 Å². The standard InChI is InChI=1S/C13H7BrClN3O2/c14-9-2-4-12(11(15)5-9)17-10-3-1-8(7-16)13(6-10)18(19)20/h1-6,17H. The van der Waals surface area contributed by atoms with Crippen molar-refractivity contribution in [1.82, 2.24) is 0 Å². The summed E-state index contributed by atoms with van der Waals surface area (Å²) in [6.07, 6.45) is 0. The van der Waals surface area contributed by atoms with Crippen LogP contribution in [0.25, 0.3) is 0 Å². The first-order chi connectivity index (χ1) is 9.51. The van der Waals surface area contributed by atoms with Crippen LogP contribution in [0.2, 0.25) is 5.02 Å². The average molecular weight is 353 g/mol. The Balaban J connectivity index is 2.37. The Morgan fingerprint density at radius 2 is 2.05 bits per heavy atom. The highest BCUT2D eigenvalue weighted by Crippen LogP contribution is 2.30. The average Bonchev–Trinajstić information content (AvgIpc) is 2.41. The molecule has 0 aliphatic rings. The molecule has 0 fully saturated rings. The molecular formula is C13H7BrClN3O2. The van der Waals surface area contributed by atoms with Crippen molar-refractivity contribution in [2.75, 3.05) is 5.32 Å². The van der Waals surface area contributed by atoms with Gasteiger partial charge in [-0.3, -0.25) is 10.1 Å². The van der Waals surface area contributed by atoms with E-state index < -0.39 is 4.92 Å². The zero-order valence-corrected chi connectivity index (χ0v) is 12.3. The summed E-state index contributed by atoms with van der Waals surface area (Å²) in [6, 6.07) is 11.3. The highest BCUT2D eigenvalue weighted by Gasteiger charge is 2.14. The Morgan fingerprint density at radius 3 is 2.65 bits per heavy atom. The van der Waals surface area contributed by atoms with E-state index in [2.05, 4.69) is 21.2 Å². The molecule has 2 rings (SSSR count). The number of nitro benzene ring substituents is 1. The SMILES string of the molecule is N#Cc1ccc(Nc2ccc(Br)cc2Cl)cc1[N+](=O)[O-]. The smallest absolute Gasteiger partial charge is 0.289 e. The summed E-state index contributed by atoms with van der Waals surface area (Å²) in [6.45, 7) is 0. The molecule has 2 aromatic rings. The number of nitrogens with zero attached hydrogens (tertiary/aromatic N) is 2. The molecule has 0 unspecified atom stereocenters. The Morgan fingerprint density at radius 1 is 1.30 bits per heavy atom. The number of anilines is 2. The fourth-order valence-electron chi connectivity index (χ4n) is 1.60. The van der Waals surface area contributed by atoms with Gasteiger partial charge in [0.15, 0.2) is 0 Å². The van der Waals surface area contributed by atoms with Gasteiger partial charge in [0.25, 0.3) is 5.69 Å². The number of hydrogen-bond acceptors (Lipinski definition) is 4. The van der Waals surface area contributed by atoms with E-state index >= 15 is 0 Å². The van der Waals surface area contributed by atoms with Crippen molar-refractivity contribution in [3.05, 3.63) is 61.6 Å².